The molecule has 426 valence electrons. The third kappa shape index (κ3) is 30.5. The number of nitrogens with one attached hydrogen (secondary N) is 1. The monoisotopic (exact) mass is 1030 g/mol. The lowest BCUT2D eigenvalue weighted by atomic mass is 9.97. The highest BCUT2D eigenvalue weighted by Gasteiger charge is 2.51. The van der Waals surface area contributed by atoms with Crippen LogP contribution in [-0.4, -0.2) is 140 Å². The number of rotatable bonds is 48. The molecule has 2 fully saturated rings. The molecule has 12 atom stereocenters. The Labute approximate surface area is 437 Å². The van der Waals surface area contributed by atoms with Crippen molar-refractivity contribution in [1.82, 2.24) is 5.32 Å². The van der Waals surface area contributed by atoms with Crippen LogP contribution in [0.25, 0.3) is 0 Å². The van der Waals surface area contributed by atoms with Crippen LogP contribution in [-0.2, 0) is 23.7 Å². The molecular formula is C58H111NO13. The van der Waals surface area contributed by atoms with E-state index in [0.717, 1.165) is 51.4 Å². The highest BCUT2D eigenvalue weighted by molar-refractivity contribution is 5.76. The number of hydrogen-bond acceptors (Lipinski definition) is 13. The van der Waals surface area contributed by atoms with Gasteiger partial charge in [0.05, 0.1) is 32.0 Å². The lowest BCUT2D eigenvalue weighted by molar-refractivity contribution is -0.359. The molecule has 14 heteroatoms. The highest BCUT2D eigenvalue weighted by Crippen LogP contribution is 2.30. The summed E-state index contributed by atoms with van der Waals surface area (Å²) in [6.07, 6.45) is 33.5. The van der Waals surface area contributed by atoms with Gasteiger partial charge in [-0.1, -0.05) is 225 Å². The molecule has 0 aliphatic carbocycles. The molecule has 2 aliphatic rings. The first-order chi connectivity index (χ1) is 35.1. The van der Waals surface area contributed by atoms with Gasteiger partial charge in [-0.3, -0.25) is 4.79 Å². The van der Waals surface area contributed by atoms with Crippen molar-refractivity contribution in [2.24, 2.45) is 0 Å². The van der Waals surface area contributed by atoms with E-state index in [2.05, 4.69) is 31.3 Å². The van der Waals surface area contributed by atoms with Crippen molar-refractivity contribution >= 4 is 5.91 Å². The topological polar surface area (TPSA) is 228 Å². The average molecular weight is 1030 g/mol. The van der Waals surface area contributed by atoms with Gasteiger partial charge >= 0.3 is 0 Å². The van der Waals surface area contributed by atoms with E-state index >= 15 is 0 Å². The fourth-order valence-electron chi connectivity index (χ4n) is 10.1. The quantitative estimate of drug-likeness (QED) is 0.0205. The molecule has 0 aromatic rings. The van der Waals surface area contributed by atoms with Crippen LogP contribution in [0.15, 0.2) is 12.2 Å². The molecule has 2 saturated heterocycles. The van der Waals surface area contributed by atoms with Crippen molar-refractivity contribution in [3.05, 3.63) is 12.2 Å². The minimum atomic E-state index is -1.78. The van der Waals surface area contributed by atoms with Crippen LogP contribution >= 0.6 is 0 Å². The summed E-state index contributed by atoms with van der Waals surface area (Å²) >= 11 is 0. The second-order valence-electron chi connectivity index (χ2n) is 21.5. The van der Waals surface area contributed by atoms with Crippen molar-refractivity contribution in [2.45, 2.75) is 331 Å². The van der Waals surface area contributed by atoms with E-state index in [1.54, 1.807) is 0 Å². The summed E-state index contributed by atoms with van der Waals surface area (Å²) in [5.74, 6) is -0.205. The normalized spacial score (nSPS) is 25.6. The van der Waals surface area contributed by atoms with Gasteiger partial charge in [-0.2, -0.15) is 0 Å². The van der Waals surface area contributed by atoms with E-state index in [9.17, 15) is 45.6 Å². The Morgan fingerprint density at radius 1 is 0.486 bits per heavy atom. The Bertz CT molecular complexity index is 1260. The summed E-state index contributed by atoms with van der Waals surface area (Å²) in [6.45, 7) is 2.89. The molecule has 9 N–H and O–H groups in total. The Morgan fingerprint density at radius 3 is 1.32 bits per heavy atom. The third-order valence-corrected chi connectivity index (χ3v) is 15.0. The molecule has 12 unspecified atom stereocenters. The van der Waals surface area contributed by atoms with Crippen LogP contribution < -0.4 is 5.32 Å². The lowest BCUT2D eigenvalue weighted by Gasteiger charge is -2.46. The van der Waals surface area contributed by atoms with E-state index in [4.69, 9.17) is 18.9 Å². The van der Waals surface area contributed by atoms with E-state index in [1.165, 1.54) is 180 Å². The predicted molar refractivity (Wildman–Crippen MR) is 286 cm³/mol. The van der Waals surface area contributed by atoms with Gasteiger partial charge in [-0.25, -0.2) is 0 Å². The summed E-state index contributed by atoms with van der Waals surface area (Å²) < 4.78 is 22.8. The van der Waals surface area contributed by atoms with Gasteiger partial charge in [0, 0.05) is 6.42 Å². The minimum Gasteiger partial charge on any atom is -0.394 e. The van der Waals surface area contributed by atoms with Crippen molar-refractivity contribution in [2.75, 3.05) is 19.8 Å². The van der Waals surface area contributed by atoms with Crippen LogP contribution in [0.2, 0.25) is 0 Å². The number of amides is 1. The van der Waals surface area contributed by atoms with E-state index in [-0.39, 0.29) is 12.5 Å². The number of hydrogen-bond donors (Lipinski definition) is 9. The van der Waals surface area contributed by atoms with Crippen LogP contribution in [0.5, 0.6) is 0 Å². The summed E-state index contributed by atoms with van der Waals surface area (Å²) in [5.41, 5.74) is 0. The zero-order valence-corrected chi connectivity index (χ0v) is 45.7. The molecule has 1 amide bonds. The molecule has 0 spiro atoms. The number of unbranched alkanes of at least 4 members (excludes halogenated alkanes) is 33. The van der Waals surface area contributed by atoms with Crippen molar-refractivity contribution in [3.63, 3.8) is 0 Å². The average Bonchev–Trinajstić information content (AvgIpc) is 3.38. The van der Waals surface area contributed by atoms with Gasteiger partial charge in [0.2, 0.25) is 5.91 Å². The summed E-state index contributed by atoms with van der Waals surface area (Å²) in [7, 11) is 0. The predicted octanol–water partition coefficient (Wildman–Crippen LogP) is 9.89. The van der Waals surface area contributed by atoms with E-state index in [0.29, 0.717) is 12.8 Å². The maximum atomic E-state index is 13.3. The SMILES string of the molecule is CCCCCCCCCC/C=C\CCCCCCCCCCCC(=O)NC(COC1OC(CO)C(OC2OC(CO)C(O)C(O)C2O)C(O)C1O)C(O)CCCCCCCCCCCCCCCCCCC. The fraction of sp³-hybridized carbons (Fsp3) is 0.948. The Balaban J connectivity index is 1.75. The molecule has 14 nitrogen and oxygen atoms in total. The number of carbonyl (C=O) groups is 1. The zero-order valence-electron chi connectivity index (χ0n) is 45.7. The number of aliphatic hydroxyl groups is 8. The Morgan fingerprint density at radius 2 is 0.875 bits per heavy atom. The largest absolute Gasteiger partial charge is 0.394 e. The van der Waals surface area contributed by atoms with Crippen molar-refractivity contribution in [3.8, 4) is 0 Å². The van der Waals surface area contributed by atoms with Gasteiger partial charge in [-0.15, -0.1) is 0 Å². The van der Waals surface area contributed by atoms with Crippen LogP contribution in [0.4, 0.5) is 0 Å². The molecule has 0 saturated carbocycles. The summed E-state index contributed by atoms with van der Waals surface area (Å²) in [5, 5.41) is 87.2. The number of carbonyl (C=O) groups excluding carboxylic acids is 1. The molecule has 0 aromatic carbocycles. The van der Waals surface area contributed by atoms with Gasteiger partial charge in [0.1, 0.15) is 48.8 Å². The van der Waals surface area contributed by atoms with Gasteiger partial charge in [0.25, 0.3) is 0 Å². The summed E-state index contributed by atoms with van der Waals surface area (Å²) in [6, 6.07) is -0.826. The molecule has 0 radical (unpaired) electrons. The van der Waals surface area contributed by atoms with E-state index in [1.807, 2.05) is 0 Å². The van der Waals surface area contributed by atoms with Gasteiger partial charge < -0.3 is 65.1 Å². The maximum absolute atomic E-state index is 13.3. The summed E-state index contributed by atoms with van der Waals surface area (Å²) in [4.78, 5) is 13.3. The first-order valence-corrected chi connectivity index (χ1v) is 29.9. The van der Waals surface area contributed by atoms with Gasteiger partial charge in [-0.05, 0) is 38.5 Å². The first kappa shape index (κ1) is 66.8. The van der Waals surface area contributed by atoms with Gasteiger partial charge in [0.15, 0.2) is 12.6 Å². The van der Waals surface area contributed by atoms with Crippen molar-refractivity contribution in [1.29, 1.82) is 0 Å². The maximum Gasteiger partial charge on any atom is 0.220 e. The molecule has 2 aliphatic heterocycles. The third-order valence-electron chi connectivity index (χ3n) is 15.0. The minimum absolute atomic E-state index is 0.205. The standard InChI is InChI=1S/C58H111NO13/c1-3-5-7-9-11-13-15-17-19-21-22-23-24-26-28-30-32-34-36-38-40-42-50(63)59-46(47(62)41-39-37-35-33-31-29-27-25-20-18-16-14-12-10-8-6-4-2)45-69-57-55(68)53(66)56(49(44-61)71-57)72-58-54(67)52(65)51(64)48(43-60)70-58/h21-22,46-49,51-58,60-62,64-68H,3-20,23-45H2,1-2H3,(H,59,63)/b22-21-. The Kier molecular flexibility index (Phi) is 41.6. The van der Waals surface area contributed by atoms with E-state index < -0.39 is 86.8 Å². The number of ether oxygens (including phenoxy) is 4. The molecule has 0 bridgehead atoms. The van der Waals surface area contributed by atoms with Crippen LogP contribution in [0.3, 0.4) is 0 Å². The second kappa shape index (κ2) is 44.8. The second-order valence-corrected chi connectivity index (χ2v) is 21.5. The molecule has 2 heterocycles. The molecular weight excluding hydrogens is 919 g/mol. The number of allylic oxidation sites excluding steroid dienone is 2. The Hall–Kier alpha value is -1.27. The molecule has 0 aromatic heterocycles. The lowest BCUT2D eigenvalue weighted by Crippen LogP contribution is -2.65. The van der Waals surface area contributed by atoms with Crippen LogP contribution in [0.1, 0.15) is 258 Å². The fourth-order valence-corrected chi connectivity index (χ4v) is 10.1. The van der Waals surface area contributed by atoms with Crippen LogP contribution in [0, 0.1) is 0 Å². The zero-order chi connectivity index (χ0) is 52.4. The van der Waals surface area contributed by atoms with Crippen molar-refractivity contribution < 1.29 is 64.6 Å². The number of aliphatic hydroxyl groups excluding tert-OH is 8. The smallest absolute Gasteiger partial charge is 0.220 e. The highest BCUT2D eigenvalue weighted by atomic mass is 16.7. The molecule has 72 heavy (non-hydrogen) atoms. The first-order valence-electron chi connectivity index (χ1n) is 29.9. The molecule has 2 rings (SSSR count).